The Morgan fingerprint density at radius 3 is 2.43 bits per heavy atom. The summed E-state index contributed by atoms with van der Waals surface area (Å²) >= 11 is 0. The fourth-order valence-corrected chi connectivity index (χ4v) is 4.52. The zero-order valence-electron chi connectivity index (χ0n) is 16.6. The van der Waals surface area contributed by atoms with Gasteiger partial charge in [-0.2, -0.15) is 12.7 Å². The summed E-state index contributed by atoms with van der Waals surface area (Å²) in [6.07, 6.45) is 3.37. The van der Waals surface area contributed by atoms with E-state index in [2.05, 4.69) is 17.4 Å². The van der Waals surface area contributed by atoms with Gasteiger partial charge in [0.15, 0.2) is 0 Å². The van der Waals surface area contributed by atoms with Gasteiger partial charge in [0.25, 0.3) is 0 Å². The monoisotopic (exact) mass is 401 g/mol. The van der Waals surface area contributed by atoms with Gasteiger partial charge < -0.3 is 5.32 Å². The second-order valence-electron chi connectivity index (χ2n) is 7.30. The van der Waals surface area contributed by atoms with Crippen molar-refractivity contribution in [1.29, 1.82) is 0 Å². The van der Waals surface area contributed by atoms with Crippen molar-refractivity contribution >= 4 is 21.8 Å². The molecule has 0 aliphatic heterocycles. The van der Waals surface area contributed by atoms with Gasteiger partial charge >= 0.3 is 10.2 Å². The molecule has 7 heteroatoms. The maximum Gasteiger partial charge on any atom is 0.304 e. The molecule has 2 aromatic carbocycles. The van der Waals surface area contributed by atoms with Gasteiger partial charge in [0.05, 0.1) is 11.7 Å². The predicted octanol–water partition coefficient (Wildman–Crippen LogP) is 2.67. The maximum absolute atomic E-state index is 12.7. The summed E-state index contributed by atoms with van der Waals surface area (Å²) < 4.78 is 27.7. The van der Waals surface area contributed by atoms with Crippen molar-refractivity contribution in [2.45, 2.75) is 32.2 Å². The van der Waals surface area contributed by atoms with Crippen molar-refractivity contribution in [2.24, 2.45) is 0 Å². The number of anilines is 1. The number of hydrogen-bond acceptors (Lipinski definition) is 3. The molecular formula is C21H27N3O3S. The number of para-hydroxylation sites is 1. The number of hydrogen-bond donors (Lipinski definition) is 1. The van der Waals surface area contributed by atoms with Gasteiger partial charge in [-0.15, -0.1) is 0 Å². The van der Waals surface area contributed by atoms with Crippen LogP contribution in [0.15, 0.2) is 48.5 Å². The number of carbonyl (C=O) groups is 1. The summed E-state index contributed by atoms with van der Waals surface area (Å²) in [7, 11) is -0.880. The van der Waals surface area contributed by atoms with Gasteiger partial charge in [-0.05, 0) is 55.0 Å². The average molecular weight is 402 g/mol. The first kappa shape index (κ1) is 20.4. The molecule has 0 radical (unpaired) electrons. The van der Waals surface area contributed by atoms with E-state index in [-0.39, 0.29) is 18.5 Å². The fraction of sp³-hybridized carbons (Fsp3) is 0.381. The molecule has 0 bridgehead atoms. The Kier molecular flexibility index (Phi) is 6.05. The summed E-state index contributed by atoms with van der Waals surface area (Å²) in [6, 6.07) is 14.8. The molecule has 1 N–H and O–H groups in total. The summed E-state index contributed by atoms with van der Waals surface area (Å²) in [6.45, 7) is 1.64. The smallest absolute Gasteiger partial charge is 0.304 e. The third-order valence-electron chi connectivity index (χ3n) is 5.07. The van der Waals surface area contributed by atoms with Gasteiger partial charge in [0, 0.05) is 14.1 Å². The lowest BCUT2D eigenvalue weighted by Gasteiger charge is -2.27. The molecule has 1 aliphatic carbocycles. The molecule has 0 saturated carbocycles. The molecule has 150 valence electrons. The largest absolute Gasteiger partial charge is 0.348 e. The first-order valence-corrected chi connectivity index (χ1v) is 10.8. The van der Waals surface area contributed by atoms with Crippen LogP contribution in [0.25, 0.3) is 0 Å². The maximum atomic E-state index is 12.7. The van der Waals surface area contributed by atoms with E-state index in [0.717, 1.165) is 27.0 Å². The third-order valence-corrected chi connectivity index (χ3v) is 6.89. The van der Waals surface area contributed by atoms with Gasteiger partial charge in [0.1, 0.15) is 6.54 Å². The third kappa shape index (κ3) is 4.36. The van der Waals surface area contributed by atoms with Crippen LogP contribution in [0.1, 0.15) is 36.1 Å². The first-order chi connectivity index (χ1) is 13.3. The number of fused-ring (bicyclic) bond motifs is 1. The van der Waals surface area contributed by atoms with E-state index < -0.39 is 10.2 Å². The summed E-state index contributed by atoms with van der Waals surface area (Å²) in [4.78, 5) is 12.7. The molecule has 1 atom stereocenters. The van der Waals surface area contributed by atoms with Crippen LogP contribution < -0.4 is 9.62 Å². The molecule has 2 aromatic rings. The molecule has 0 unspecified atom stereocenters. The number of amides is 1. The lowest BCUT2D eigenvalue weighted by molar-refractivity contribution is -0.120. The average Bonchev–Trinajstić information content (AvgIpc) is 3.14. The van der Waals surface area contributed by atoms with Crippen LogP contribution in [0, 0.1) is 0 Å². The first-order valence-electron chi connectivity index (χ1n) is 9.45. The Balaban J connectivity index is 1.75. The number of rotatable bonds is 7. The highest BCUT2D eigenvalue weighted by Crippen LogP contribution is 2.25. The van der Waals surface area contributed by atoms with Crippen molar-refractivity contribution in [1.82, 2.24) is 9.62 Å². The second-order valence-corrected chi connectivity index (χ2v) is 9.37. The Bertz CT molecular complexity index is 943. The molecule has 1 amide bonds. The minimum absolute atomic E-state index is 0.196. The van der Waals surface area contributed by atoms with Crippen LogP contribution in [-0.2, 0) is 27.8 Å². The molecule has 0 saturated heterocycles. The van der Waals surface area contributed by atoms with E-state index in [4.69, 9.17) is 0 Å². The molecule has 1 aliphatic rings. The Labute approximate surface area is 167 Å². The topological polar surface area (TPSA) is 69.7 Å². The van der Waals surface area contributed by atoms with Crippen molar-refractivity contribution in [2.75, 3.05) is 24.9 Å². The lowest BCUT2D eigenvalue weighted by atomic mass is 10.0. The standard InChI is InChI=1S/C21H27N3O3S/c1-16(18-13-12-17-8-7-9-19(17)14-18)22-21(25)15-24(28(26,27)23(2)3)20-10-5-4-6-11-20/h4-6,10-14,16H,7-9,15H2,1-3H3,(H,22,25)/t16-/m1/s1. The molecule has 6 nitrogen and oxygen atoms in total. The summed E-state index contributed by atoms with van der Waals surface area (Å²) in [5.41, 5.74) is 4.22. The quantitative estimate of drug-likeness (QED) is 0.775. The molecule has 3 rings (SSSR count). The van der Waals surface area contributed by atoms with Crippen molar-refractivity contribution < 1.29 is 13.2 Å². The van der Waals surface area contributed by atoms with Crippen LogP contribution in [0.2, 0.25) is 0 Å². The van der Waals surface area contributed by atoms with Gasteiger partial charge in [0.2, 0.25) is 5.91 Å². The number of nitrogens with one attached hydrogen (secondary N) is 1. The van der Waals surface area contributed by atoms with Crippen LogP contribution in [0.4, 0.5) is 5.69 Å². The lowest BCUT2D eigenvalue weighted by Crippen LogP contribution is -2.46. The van der Waals surface area contributed by atoms with Crippen LogP contribution in [-0.4, -0.2) is 39.3 Å². The molecule has 0 spiro atoms. The van der Waals surface area contributed by atoms with Gasteiger partial charge in [-0.1, -0.05) is 36.4 Å². The second kappa shape index (κ2) is 8.32. The van der Waals surface area contributed by atoms with Crippen molar-refractivity contribution in [3.05, 3.63) is 65.2 Å². The van der Waals surface area contributed by atoms with Crippen LogP contribution in [0.5, 0.6) is 0 Å². The number of carbonyl (C=O) groups excluding carboxylic acids is 1. The van der Waals surface area contributed by atoms with Gasteiger partial charge in [-0.25, -0.2) is 4.31 Å². The Morgan fingerprint density at radius 2 is 1.75 bits per heavy atom. The van der Waals surface area contributed by atoms with E-state index in [1.165, 1.54) is 31.6 Å². The van der Waals surface area contributed by atoms with E-state index in [9.17, 15) is 13.2 Å². The summed E-state index contributed by atoms with van der Waals surface area (Å²) in [5.74, 6) is -0.345. The molecular weight excluding hydrogens is 374 g/mol. The van der Waals surface area contributed by atoms with Crippen molar-refractivity contribution in [3.63, 3.8) is 0 Å². The molecule has 0 aromatic heterocycles. The molecule has 28 heavy (non-hydrogen) atoms. The molecule has 0 fully saturated rings. The van der Waals surface area contributed by atoms with E-state index >= 15 is 0 Å². The number of benzene rings is 2. The van der Waals surface area contributed by atoms with Crippen LogP contribution >= 0.6 is 0 Å². The Morgan fingerprint density at radius 1 is 1.07 bits per heavy atom. The zero-order chi connectivity index (χ0) is 20.3. The van der Waals surface area contributed by atoms with E-state index in [1.54, 1.807) is 30.3 Å². The van der Waals surface area contributed by atoms with Gasteiger partial charge in [-0.3, -0.25) is 4.79 Å². The number of nitrogens with zero attached hydrogens (tertiary/aromatic N) is 2. The molecule has 0 heterocycles. The normalized spacial score (nSPS) is 14.6. The fourth-order valence-electron chi connectivity index (χ4n) is 3.46. The Hall–Kier alpha value is -2.38. The van der Waals surface area contributed by atoms with Crippen molar-refractivity contribution in [3.8, 4) is 0 Å². The van der Waals surface area contributed by atoms with E-state index in [1.807, 2.05) is 13.0 Å². The SMILES string of the molecule is C[C@@H](NC(=O)CN(c1ccccc1)S(=O)(=O)N(C)C)c1ccc2c(c1)CCC2. The predicted molar refractivity (Wildman–Crippen MR) is 111 cm³/mol. The van der Waals surface area contributed by atoms with E-state index in [0.29, 0.717) is 5.69 Å². The summed E-state index contributed by atoms with van der Waals surface area (Å²) in [5, 5.41) is 2.94. The highest BCUT2D eigenvalue weighted by atomic mass is 32.2. The number of aryl methyl sites for hydroxylation is 2. The minimum atomic E-state index is -3.79. The highest BCUT2D eigenvalue weighted by molar-refractivity contribution is 7.90. The minimum Gasteiger partial charge on any atom is -0.348 e. The highest BCUT2D eigenvalue weighted by Gasteiger charge is 2.27. The van der Waals surface area contributed by atoms with Crippen LogP contribution in [0.3, 0.4) is 0 Å². The zero-order valence-corrected chi connectivity index (χ0v) is 17.4.